The maximum Gasteiger partial charge on any atom is 0.242 e. The summed E-state index contributed by atoms with van der Waals surface area (Å²) in [5, 5.41) is 4.48. The predicted molar refractivity (Wildman–Crippen MR) is 132 cm³/mol. The first kappa shape index (κ1) is 25.9. The number of hydrogen-bond acceptors (Lipinski definition) is 3. The first-order chi connectivity index (χ1) is 14.5. The largest absolute Gasteiger partial charge is 0.350 e. The highest BCUT2D eigenvalue weighted by molar-refractivity contribution is 7.99. The van der Waals surface area contributed by atoms with E-state index in [1.165, 1.54) is 11.8 Å². The van der Waals surface area contributed by atoms with Crippen LogP contribution in [-0.4, -0.2) is 34.0 Å². The summed E-state index contributed by atoms with van der Waals surface area (Å²) in [5.74, 6) is 0.591. The Morgan fingerprint density at radius 3 is 2.19 bits per heavy atom. The number of nitrogens with one attached hydrogen (secondary N) is 1. The summed E-state index contributed by atoms with van der Waals surface area (Å²) in [7, 11) is 0. The van der Waals surface area contributed by atoms with Gasteiger partial charge in [-0.25, -0.2) is 0 Å². The van der Waals surface area contributed by atoms with Crippen LogP contribution in [0.4, 0.5) is 0 Å². The molecule has 0 aliphatic heterocycles. The van der Waals surface area contributed by atoms with Crippen molar-refractivity contribution in [1.82, 2.24) is 10.2 Å². The lowest BCUT2D eigenvalue weighted by atomic mass is 10.1. The van der Waals surface area contributed by atoms with E-state index in [1.807, 2.05) is 51.1 Å². The van der Waals surface area contributed by atoms with Gasteiger partial charge >= 0.3 is 0 Å². The minimum atomic E-state index is -0.641. The van der Waals surface area contributed by atoms with Crippen LogP contribution in [0.5, 0.6) is 0 Å². The van der Waals surface area contributed by atoms with Crippen molar-refractivity contribution in [2.75, 3.05) is 5.75 Å². The van der Waals surface area contributed by atoms with E-state index in [4.69, 9.17) is 34.8 Å². The minimum Gasteiger partial charge on any atom is -0.350 e. The van der Waals surface area contributed by atoms with Crippen LogP contribution in [0.2, 0.25) is 15.1 Å². The molecular formula is C23H27Cl3N2O2S. The Hall–Kier alpha value is -1.40. The second-order valence-electron chi connectivity index (χ2n) is 8.30. The molecule has 0 heterocycles. The lowest BCUT2D eigenvalue weighted by Crippen LogP contribution is -2.52. The molecule has 1 atom stereocenters. The molecule has 0 bridgehead atoms. The number of rotatable bonds is 8. The number of carbonyl (C=O) groups is 2. The van der Waals surface area contributed by atoms with E-state index >= 15 is 0 Å². The Labute approximate surface area is 203 Å². The average molecular weight is 502 g/mol. The highest BCUT2D eigenvalue weighted by atomic mass is 35.5. The quantitative estimate of drug-likeness (QED) is 0.468. The van der Waals surface area contributed by atoms with Crippen LogP contribution in [-0.2, 0) is 21.9 Å². The average Bonchev–Trinajstić information content (AvgIpc) is 2.68. The van der Waals surface area contributed by atoms with Gasteiger partial charge in [-0.2, -0.15) is 0 Å². The van der Waals surface area contributed by atoms with Gasteiger partial charge in [0.05, 0.1) is 15.8 Å². The van der Waals surface area contributed by atoms with Crippen molar-refractivity contribution in [3.63, 3.8) is 0 Å². The highest BCUT2D eigenvalue weighted by Gasteiger charge is 2.28. The molecule has 0 saturated heterocycles. The molecule has 0 aromatic heterocycles. The van der Waals surface area contributed by atoms with Crippen molar-refractivity contribution < 1.29 is 9.59 Å². The minimum absolute atomic E-state index is 0.124. The van der Waals surface area contributed by atoms with Crippen molar-refractivity contribution in [2.45, 2.75) is 51.6 Å². The van der Waals surface area contributed by atoms with E-state index in [0.29, 0.717) is 20.8 Å². The Morgan fingerprint density at radius 2 is 1.61 bits per heavy atom. The van der Waals surface area contributed by atoms with Gasteiger partial charge in [0.25, 0.3) is 0 Å². The van der Waals surface area contributed by atoms with Gasteiger partial charge < -0.3 is 10.2 Å². The zero-order valence-corrected chi connectivity index (χ0v) is 21.1. The van der Waals surface area contributed by atoms with E-state index in [0.717, 1.165) is 11.1 Å². The molecule has 0 fully saturated rings. The topological polar surface area (TPSA) is 49.4 Å². The number of amides is 2. The summed E-state index contributed by atoms with van der Waals surface area (Å²) < 4.78 is 0. The summed E-state index contributed by atoms with van der Waals surface area (Å²) in [5.41, 5.74) is 1.49. The summed E-state index contributed by atoms with van der Waals surface area (Å²) >= 11 is 19.6. The Morgan fingerprint density at radius 1 is 1.00 bits per heavy atom. The number of carbonyl (C=O) groups excluding carboxylic acids is 2. The van der Waals surface area contributed by atoms with E-state index in [1.54, 1.807) is 24.0 Å². The number of hydrogen-bond donors (Lipinski definition) is 1. The molecule has 31 heavy (non-hydrogen) atoms. The molecule has 0 saturated carbocycles. The van der Waals surface area contributed by atoms with Crippen molar-refractivity contribution in [3.8, 4) is 0 Å². The van der Waals surface area contributed by atoms with E-state index in [9.17, 15) is 9.59 Å². The molecule has 2 amide bonds. The second kappa shape index (κ2) is 11.5. The molecule has 2 aromatic carbocycles. The molecule has 168 valence electrons. The lowest BCUT2D eigenvalue weighted by molar-refractivity contribution is -0.139. The van der Waals surface area contributed by atoms with E-state index < -0.39 is 11.6 Å². The monoisotopic (exact) mass is 500 g/mol. The lowest BCUT2D eigenvalue weighted by Gasteiger charge is -2.31. The van der Waals surface area contributed by atoms with Crippen LogP contribution in [0.3, 0.4) is 0 Å². The summed E-state index contributed by atoms with van der Waals surface area (Å²) in [6.07, 6.45) is 0. The van der Waals surface area contributed by atoms with Gasteiger partial charge in [0.1, 0.15) is 6.04 Å². The van der Waals surface area contributed by atoms with Crippen LogP contribution >= 0.6 is 46.6 Å². The maximum atomic E-state index is 13.1. The van der Waals surface area contributed by atoms with Crippen molar-refractivity contribution in [3.05, 3.63) is 68.7 Å². The van der Waals surface area contributed by atoms with Gasteiger partial charge in [-0.1, -0.05) is 53.0 Å². The zero-order chi connectivity index (χ0) is 23.2. The van der Waals surface area contributed by atoms with Gasteiger partial charge in [0.15, 0.2) is 0 Å². The van der Waals surface area contributed by atoms with Gasteiger partial charge in [-0.15, -0.1) is 11.8 Å². The smallest absolute Gasteiger partial charge is 0.242 e. The first-order valence-electron chi connectivity index (χ1n) is 9.84. The standard InChI is InChI=1S/C23H27Cl3N2O2S/c1-15(22(30)27-23(2,3)4)28(12-17-7-10-19(25)20(26)11-17)21(29)14-31-13-16-5-8-18(24)9-6-16/h5-11,15H,12-14H2,1-4H3,(H,27,30)/t15-/m1/s1. The molecule has 2 rings (SSSR count). The van der Waals surface area contributed by atoms with Gasteiger partial charge in [-0.05, 0) is 63.1 Å². The highest BCUT2D eigenvalue weighted by Crippen LogP contribution is 2.24. The van der Waals surface area contributed by atoms with Gasteiger partial charge in [0.2, 0.25) is 11.8 Å². The van der Waals surface area contributed by atoms with Crippen LogP contribution in [0.25, 0.3) is 0 Å². The Bertz CT molecular complexity index is 914. The van der Waals surface area contributed by atoms with Crippen LogP contribution in [0.15, 0.2) is 42.5 Å². The van der Waals surface area contributed by atoms with Crippen molar-refractivity contribution in [2.24, 2.45) is 0 Å². The summed E-state index contributed by atoms with van der Waals surface area (Å²) in [6, 6.07) is 12.1. The van der Waals surface area contributed by atoms with E-state index in [2.05, 4.69) is 5.32 Å². The van der Waals surface area contributed by atoms with Crippen molar-refractivity contribution in [1.29, 1.82) is 0 Å². The fourth-order valence-electron chi connectivity index (χ4n) is 2.81. The third-order valence-corrected chi connectivity index (χ3v) is 6.39. The number of halogens is 3. The summed E-state index contributed by atoms with van der Waals surface area (Å²) in [6.45, 7) is 7.72. The second-order valence-corrected chi connectivity index (χ2v) is 10.5. The molecular weight excluding hydrogens is 475 g/mol. The molecule has 4 nitrogen and oxygen atoms in total. The normalized spacial score (nSPS) is 12.4. The van der Waals surface area contributed by atoms with Crippen LogP contribution in [0, 0.1) is 0 Å². The van der Waals surface area contributed by atoms with Crippen molar-refractivity contribution >= 4 is 58.4 Å². The number of thioether (sulfide) groups is 1. The van der Waals surface area contributed by atoms with E-state index in [-0.39, 0.29) is 24.1 Å². The number of nitrogens with zero attached hydrogens (tertiary/aromatic N) is 1. The summed E-state index contributed by atoms with van der Waals surface area (Å²) in [4.78, 5) is 27.5. The Kier molecular flexibility index (Phi) is 9.56. The number of benzene rings is 2. The molecule has 0 spiro atoms. The fraction of sp³-hybridized carbons (Fsp3) is 0.391. The fourth-order valence-corrected chi connectivity index (χ4v) is 4.13. The van der Waals surface area contributed by atoms with Crippen LogP contribution in [0.1, 0.15) is 38.8 Å². The first-order valence-corrected chi connectivity index (χ1v) is 12.1. The molecule has 2 aromatic rings. The maximum absolute atomic E-state index is 13.1. The van der Waals surface area contributed by atoms with Gasteiger partial charge in [-0.3, -0.25) is 9.59 Å². The SMILES string of the molecule is C[C@H](C(=O)NC(C)(C)C)N(Cc1ccc(Cl)c(Cl)c1)C(=O)CSCc1ccc(Cl)cc1. The van der Waals surface area contributed by atoms with Crippen LogP contribution < -0.4 is 5.32 Å². The van der Waals surface area contributed by atoms with Gasteiger partial charge in [0, 0.05) is 22.9 Å². The third-order valence-electron chi connectivity index (χ3n) is 4.41. The molecule has 1 N–H and O–H groups in total. The predicted octanol–water partition coefficient (Wildman–Crippen LogP) is 6.21. The molecule has 0 aliphatic rings. The molecule has 0 aliphatic carbocycles. The molecule has 0 radical (unpaired) electrons. The zero-order valence-electron chi connectivity index (χ0n) is 18.0. The molecule has 0 unspecified atom stereocenters. The molecule has 8 heteroatoms. The Balaban J connectivity index is 2.12. The third kappa shape index (κ3) is 8.57.